The van der Waals surface area contributed by atoms with Crippen LogP contribution in [0.3, 0.4) is 0 Å². The second-order valence-electron chi connectivity index (χ2n) is 6.18. The molecule has 2 N–H and O–H groups in total. The summed E-state index contributed by atoms with van der Waals surface area (Å²) in [5.74, 6) is -0.210. The van der Waals surface area contributed by atoms with E-state index in [1.807, 2.05) is 49.5 Å². The summed E-state index contributed by atoms with van der Waals surface area (Å²) in [6.07, 6.45) is 1.60. The van der Waals surface area contributed by atoms with Crippen LogP contribution in [-0.2, 0) is 6.54 Å². The first-order valence-electron chi connectivity index (χ1n) is 8.59. The van der Waals surface area contributed by atoms with Crippen LogP contribution in [0.2, 0.25) is 0 Å². The molecule has 0 aliphatic rings. The first kappa shape index (κ1) is 18.2. The van der Waals surface area contributed by atoms with Crippen molar-refractivity contribution >= 4 is 17.8 Å². The molecule has 1 amide bonds. The second-order valence-corrected chi connectivity index (χ2v) is 6.18. The Morgan fingerprint density at radius 1 is 1.00 bits per heavy atom. The standard InChI is InChI=1S/C22H21N3O2/c1-25(16-18-5-3-2-4-6-18)20-11-7-17(8-12-20)15-23-24-22(27)19-9-13-21(26)14-10-19/h2-15,26H,16H2,1H3,(H,24,27)/b23-15+. The number of carbonyl (C=O) groups excluding carboxylic acids is 1. The lowest BCUT2D eigenvalue weighted by atomic mass is 10.2. The fraction of sp³-hybridized carbons (Fsp3) is 0.0909. The van der Waals surface area contributed by atoms with Gasteiger partial charge in [-0.25, -0.2) is 5.43 Å². The second kappa shape index (κ2) is 8.67. The number of phenolic OH excluding ortho intramolecular Hbond substituents is 1. The molecule has 5 heteroatoms. The molecule has 0 atom stereocenters. The van der Waals surface area contributed by atoms with E-state index in [9.17, 15) is 9.90 Å². The number of aromatic hydroxyl groups is 1. The lowest BCUT2D eigenvalue weighted by Crippen LogP contribution is -2.17. The predicted octanol–water partition coefficient (Wildman–Crippen LogP) is 3.79. The summed E-state index contributed by atoms with van der Waals surface area (Å²) in [5, 5.41) is 13.2. The van der Waals surface area contributed by atoms with Crippen LogP contribution in [0.25, 0.3) is 0 Å². The number of hydrogen-bond acceptors (Lipinski definition) is 4. The smallest absolute Gasteiger partial charge is 0.271 e. The molecule has 3 aromatic rings. The van der Waals surface area contributed by atoms with Crippen LogP contribution in [0, 0.1) is 0 Å². The molecule has 0 saturated carbocycles. The first-order valence-corrected chi connectivity index (χ1v) is 8.59. The average Bonchev–Trinajstić information content (AvgIpc) is 2.69. The lowest BCUT2D eigenvalue weighted by molar-refractivity contribution is 0.0955. The minimum atomic E-state index is -0.328. The van der Waals surface area contributed by atoms with Gasteiger partial charge < -0.3 is 10.0 Å². The number of nitrogens with one attached hydrogen (secondary N) is 1. The largest absolute Gasteiger partial charge is 0.508 e. The Hall–Kier alpha value is -3.60. The number of phenols is 1. The summed E-state index contributed by atoms with van der Waals surface area (Å²) >= 11 is 0. The maximum atomic E-state index is 12.0. The molecule has 3 aromatic carbocycles. The Morgan fingerprint density at radius 3 is 2.33 bits per heavy atom. The molecule has 0 spiro atoms. The van der Waals surface area contributed by atoms with Crippen molar-refractivity contribution in [2.75, 3.05) is 11.9 Å². The maximum absolute atomic E-state index is 12.0. The number of amides is 1. The van der Waals surface area contributed by atoms with Gasteiger partial charge in [0.15, 0.2) is 0 Å². The zero-order valence-corrected chi connectivity index (χ0v) is 15.0. The zero-order chi connectivity index (χ0) is 19.1. The quantitative estimate of drug-likeness (QED) is 0.520. The van der Waals surface area contributed by atoms with Crippen molar-refractivity contribution in [2.24, 2.45) is 5.10 Å². The van der Waals surface area contributed by atoms with Gasteiger partial charge in [-0.05, 0) is 47.5 Å². The number of hydrazone groups is 1. The topological polar surface area (TPSA) is 64.9 Å². The van der Waals surface area contributed by atoms with Gasteiger partial charge >= 0.3 is 0 Å². The van der Waals surface area contributed by atoms with Crippen LogP contribution in [-0.4, -0.2) is 24.3 Å². The maximum Gasteiger partial charge on any atom is 0.271 e. The summed E-state index contributed by atoms with van der Waals surface area (Å²) in [7, 11) is 2.05. The van der Waals surface area contributed by atoms with Crippen molar-refractivity contribution in [3.63, 3.8) is 0 Å². The third-order valence-electron chi connectivity index (χ3n) is 4.11. The van der Waals surface area contributed by atoms with E-state index < -0.39 is 0 Å². The number of carbonyl (C=O) groups is 1. The molecule has 0 heterocycles. The molecule has 0 fully saturated rings. The third kappa shape index (κ3) is 5.19. The van der Waals surface area contributed by atoms with E-state index in [4.69, 9.17) is 0 Å². The molecule has 0 bridgehead atoms. The average molecular weight is 359 g/mol. The minimum Gasteiger partial charge on any atom is -0.508 e. The zero-order valence-electron chi connectivity index (χ0n) is 15.0. The summed E-state index contributed by atoms with van der Waals surface area (Å²) in [4.78, 5) is 14.1. The molecule has 3 rings (SSSR count). The van der Waals surface area contributed by atoms with E-state index in [2.05, 4.69) is 27.6 Å². The molecule has 5 nitrogen and oxygen atoms in total. The first-order chi connectivity index (χ1) is 13.1. The molecule has 27 heavy (non-hydrogen) atoms. The number of benzene rings is 3. The van der Waals surface area contributed by atoms with E-state index in [0.717, 1.165) is 17.8 Å². The third-order valence-corrected chi connectivity index (χ3v) is 4.11. The van der Waals surface area contributed by atoms with E-state index in [-0.39, 0.29) is 11.7 Å². The summed E-state index contributed by atoms with van der Waals surface area (Å²) in [6.45, 7) is 0.830. The van der Waals surface area contributed by atoms with E-state index in [1.165, 1.54) is 29.8 Å². The molecular formula is C22H21N3O2. The molecule has 0 aliphatic heterocycles. The van der Waals surface area contributed by atoms with Gasteiger partial charge in [0.05, 0.1) is 6.21 Å². The Bertz CT molecular complexity index is 905. The fourth-order valence-electron chi connectivity index (χ4n) is 2.61. The Morgan fingerprint density at radius 2 is 1.67 bits per heavy atom. The normalized spacial score (nSPS) is 10.7. The van der Waals surface area contributed by atoms with Gasteiger partial charge in [0, 0.05) is 24.8 Å². The molecular weight excluding hydrogens is 338 g/mol. The van der Waals surface area contributed by atoms with Crippen LogP contribution in [0.5, 0.6) is 5.75 Å². The van der Waals surface area contributed by atoms with Gasteiger partial charge in [-0.3, -0.25) is 4.79 Å². The van der Waals surface area contributed by atoms with Crippen LogP contribution in [0.4, 0.5) is 5.69 Å². The Kier molecular flexibility index (Phi) is 5.84. The molecule has 0 aromatic heterocycles. The van der Waals surface area contributed by atoms with Gasteiger partial charge in [0.2, 0.25) is 0 Å². The van der Waals surface area contributed by atoms with Crippen molar-refractivity contribution in [3.8, 4) is 5.75 Å². The number of anilines is 1. The molecule has 0 radical (unpaired) electrons. The number of rotatable bonds is 6. The Labute approximate surface area is 158 Å². The van der Waals surface area contributed by atoms with E-state index >= 15 is 0 Å². The summed E-state index contributed by atoms with van der Waals surface area (Å²) < 4.78 is 0. The highest BCUT2D eigenvalue weighted by Gasteiger charge is 2.04. The van der Waals surface area contributed by atoms with Crippen LogP contribution in [0.1, 0.15) is 21.5 Å². The highest BCUT2D eigenvalue weighted by atomic mass is 16.3. The highest BCUT2D eigenvalue weighted by Crippen LogP contribution is 2.16. The highest BCUT2D eigenvalue weighted by molar-refractivity contribution is 5.95. The fourth-order valence-corrected chi connectivity index (χ4v) is 2.61. The predicted molar refractivity (Wildman–Crippen MR) is 108 cm³/mol. The SMILES string of the molecule is CN(Cc1ccccc1)c1ccc(/C=N/NC(=O)c2ccc(O)cc2)cc1. The minimum absolute atomic E-state index is 0.118. The van der Waals surface area contributed by atoms with Gasteiger partial charge in [0.1, 0.15) is 5.75 Å². The number of nitrogens with zero attached hydrogens (tertiary/aromatic N) is 2. The van der Waals surface area contributed by atoms with E-state index in [0.29, 0.717) is 5.56 Å². The Balaban J connectivity index is 1.56. The van der Waals surface area contributed by atoms with Gasteiger partial charge in [-0.15, -0.1) is 0 Å². The molecule has 0 aliphatic carbocycles. The van der Waals surface area contributed by atoms with Gasteiger partial charge in [-0.2, -0.15) is 5.10 Å². The van der Waals surface area contributed by atoms with Gasteiger partial charge in [0.25, 0.3) is 5.91 Å². The summed E-state index contributed by atoms with van der Waals surface area (Å²) in [6, 6.07) is 24.2. The van der Waals surface area contributed by atoms with Crippen LogP contribution < -0.4 is 10.3 Å². The molecule has 0 saturated heterocycles. The van der Waals surface area contributed by atoms with Crippen molar-refractivity contribution in [2.45, 2.75) is 6.54 Å². The molecule has 0 unspecified atom stereocenters. The van der Waals surface area contributed by atoms with E-state index in [1.54, 1.807) is 6.21 Å². The van der Waals surface area contributed by atoms with Crippen LogP contribution >= 0.6 is 0 Å². The van der Waals surface area contributed by atoms with Crippen molar-refractivity contribution in [1.82, 2.24) is 5.43 Å². The van der Waals surface area contributed by atoms with Crippen molar-refractivity contribution in [1.29, 1.82) is 0 Å². The van der Waals surface area contributed by atoms with Crippen LogP contribution in [0.15, 0.2) is 84.0 Å². The monoisotopic (exact) mass is 359 g/mol. The van der Waals surface area contributed by atoms with Crippen molar-refractivity contribution in [3.05, 3.63) is 95.6 Å². The summed E-state index contributed by atoms with van der Waals surface area (Å²) in [5.41, 5.74) is 6.15. The van der Waals surface area contributed by atoms with Gasteiger partial charge in [-0.1, -0.05) is 42.5 Å². The number of hydrogen-bond donors (Lipinski definition) is 2. The van der Waals surface area contributed by atoms with Crippen molar-refractivity contribution < 1.29 is 9.90 Å². The lowest BCUT2D eigenvalue weighted by Gasteiger charge is -2.19. The molecule has 136 valence electrons.